The highest BCUT2D eigenvalue weighted by molar-refractivity contribution is 5.95. The highest BCUT2D eigenvalue weighted by atomic mass is 16.3. The van der Waals surface area contributed by atoms with Gasteiger partial charge in [0.25, 0.3) is 0 Å². The number of benzene rings is 1. The van der Waals surface area contributed by atoms with Gasteiger partial charge in [0, 0.05) is 12.0 Å². The fourth-order valence-corrected chi connectivity index (χ4v) is 1.83. The molecule has 0 saturated heterocycles. The smallest absolute Gasteiger partial charge is 0.163 e. The monoisotopic (exact) mass is 230 g/mol. The number of phenols is 1. The molecule has 0 unspecified atom stereocenters. The van der Waals surface area contributed by atoms with Crippen LogP contribution in [-0.2, 0) is 6.42 Å². The van der Waals surface area contributed by atoms with E-state index in [1.807, 2.05) is 12.1 Å². The van der Waals surface area contributed by atoms with Gasteiger partial charge in [-0.15, -0.1) is 0 Å². The van der Waals surface area contributed by atoms with Crippen LogP contribution in [0.3, 0.4) is 0 Å². The minimum absolute atomic E-state index is 0.00483. The largest absolute Gasteiger partial charge is 0.508 e. The molecule has 17 heavy (non-hydrogen) atoms. The van der Waals surface area contributed by atoms with Crippen molar-refractivity contribution >= 4 is 5.78 Å². The molecule has 1 aromatic carbocycles. The number of para-hydroxylation sites is 1. The molecule has 1 heterocycles. The normalized spacial score (nSPS) is 10.5. The van der Waals surface area contributed by atoms with E-state index in [2.05, 4.69) is 0 Å². The summed E-state index contributed by atoms with van der Waals surface area (Å²) in [5.41, 5.74) is 1.40. The lowest BCUT2D eigenvalue weighted by Crippen LogP contribution is -1.90. The zero-order chi connectivity index (χ0) is 12.4. The zero-order valence-corrected chi connectivity index (χ0v) is 9.86. The second kappa shape index (κ2) is 4.45. The highest BCUT2D eigenvalue weighted by Gasteiger charge is 2.12. The quantitative estimate of drug-likeness (QED) is 0.824. The Balaban J connectivity index is 2.28. The maximum atomic E-state index is 11.3. The van der Waals surface area contributed by atoms with Gasteiger partial charge in [0.05, 0.1) is 5.56 Å². The summed E-state index contributed by atoms with van der Waals surface area (Å²) in [7, 11) is 0. The summed E-state index contributed by atoms with van der Waals surface area (Å²) in [5, 5.41) is 9.65. The van der Waals surface area contributed by atoms with Crippen LogP contribution in [0.2, 0.25) is 0 Å². The summed E-state index contributed by atoms with van der Waals surface area (Å²) in [6.45, 7) is 3.28. The number of aryl methyl sites for hydroxylation is 1. The van der Waals surface area contributed by atoms with Crippen molar-refractivity contribution in [2.45, 2.75) is 20.3 Å². The van der Waals surface area contributed by atoms with Crippen LogP contribution < -0.4 is 0 Å². The Hall–Kier alpha value is -2.03. The molecular formula is C14H14O3. The Morgan fingerprint density at radius 2 is 2.06 bits per heavy atom. The van der Waals surface area contributed by atoms with Gasteiger partial charge >= 0.3 is 0 Å². The molecule has 3 heteroatoms. The van der Waals surface area contributed by atoms with E-state index >= 15 is 0 Å². The van der Waals surface area contributed by atoms with Crippen molar-refractivity contribution in [2.75, 3.05) is 0 Å². The highest BCUT2D eigenvalue weighted by Crippen LogP contribution is 2.23. The molecule has 0 radical (unpaired) electrons. The van der Waals surface area contributed by atoms with Crippen LogP contribution in [0.5, 0.6) is 5.75 Å². The molecule has 1 aromatic heterocycles. The Bertz CT molecular complexity index is 552. The van der Waals surface area contributed by atoms with E-state index in [0.717, 1.165) is 5.56 Å². The SMILES string of the molecule is CC(=O)c1cc(Cc2ccccc2O)oc1C. The molecule has 0 spiro atoms. The molecule has 0 fully saturated rings. The molecule has 0 amide bonds. The number of ketones is 1. The Morgan fingerprint density at radius 3 is 2.65 bits per heavy atom. The first-order valence-corrected chi connectivity index (χ1v) is 5.45. The summed E-state index contributed by atoms with van der Waals surface area (Å²) in [6.07, 6.45) is 0.487. The molecule has 0 aliphatic heterocycles. The summed E-state index contributed by atoms with van der Waals surface area (Å²) < 4.78 is 5.50. The molecule has 0 saturated carbocycles. The average molecular weight is 230 g/mol. The summed E-state index contributed by atoms with van der Waals surface area (Å²) >= 11 is 0. The number of rotatable bonds is 3. The van der Waals surface area contributed by atoms with E-state index in [0.29, 0.717) is 23.5 Å². The number of carbonyl (C=O) groups is 1. The number of Topliss-reactive ketones (excluding diaryl/α,β-unsaturated/α-hetero) is 1. The Kier molecular flexibility index (Phi) is 3.00. The van der Waals surface area contributed by atoms with E-state index in [4.69, 9.17) is 4.42 Å². The van der Waals surface area contributed by atoms with Gasteiger partial charge < -0.3 is 9.52 Å². The number of carbonyl (C=O) groups excluding carboxylic acids is 1. The van der Waals surface area contributed by atoms with E-state index in [1.165, 1.54) is 6.92 Å². The van der Waals surface area contributed by atoms with E-state index in [-0.39, 0.29) is 11.5 Å². The van der Waals surface area contributed by atoms with Crippen LogP contribution in [0, 0.1) is 6.92 Å². The Labute approximate surface area is 99.7 Å². The number of aromatic hydroxyl groups is 1. The summed E-state index contributed by atoms with van der Waals surface area (Å²) in [4.78, 5) is 11.3. The fraction of sp³-hybridized carbons (Fsp3) is 0.214. The lowest BCUT2D eigenvalue weighted by atomic mass is 10.1. The molecule has 0 aliphatic rings. The second-order valence-corrected chi connectivity index (χ2v) is 4.04. The maximum absolute atomic E-state index is 11.3. The number of hydrogen-bond donors (Lipinski definition) is 1. The van der Waals surface area contributed by atoms with Crippen LogP contribution >= 0.6 is 0 Å². The van der Waals surface area contributed by atoms with Crippen LogP contribution in [-0.4, -0.2) is 10.9 Å². The Morgan fingerprint density at radius 1 is 1.35 bits per heavy atom. The van der Waals surface area contributed by atoms with Crippen molar-refractivity contribution in [3.8, 4) is 5.75 Å². The predicted octanol–water partition coefficient (Wildman–Crippen LogP) is 3.09. The maximum Gasteiger partial charge on any atom is 0.163 e. The van der Waals surface area contributed by atoms with Gasteiger partial charge in [0.2, 0.25) is 0 Å². The number of phenolic OH excluding ortho intramolecular Hbond substituents is 1. The number of furan rings is 1. The molecule has 0 aliphatic carbocycles. The van der Waals surface area contributed by atoms with Gasteiger partial charge in [-0.2, -0.15) is 0 Å². The summed E-state index contributed by atoms with van der Waals surface area (Å²) in [6, 6.07) is 8.84. The van der Waals surface area contributed by atoms with Crippen molar-refractivity contribution in [3.05, 3.63) is 53.0 Å². The molecular weight excluding hydrogens is 216 g/mol. The summed E-state index contributed by atoms with van der Waals surface area (Å²) in [5.74, 6) is 1.55. The van der Waals surface area contributed by atoms with Gasteiger partial charge in [-0.1, -0.05) is 18.2 Å². The first-order valence-electron chi connectivity index (χ1n) is 5.45. The van der Waals surface area contributed by atoms with Crippen LogP contribution in [0.15, 0.2) is 34.7 Å². The van der Waals surface area contributed by atoms with E-state index in [9.17, 15) is 9.90 Å². The first kappa shape index (κ1) is 11.5. The molecule has 0 bridgehead atoms. The van der Waals surface area contributed by atoms with Crippen molar-refractivity contribution in [1.82, 2.24) is 0 Å². The first-order chi connectivity index (χ1) is 8.08. The third-order valence-electron chi connectivity index (χ3n) is 2.70. The van der Waals surface area contributed by atoms with Crippen molar-refractivity contribution in [3.63, 3.8) is 0 Å². The average Bonchev–Trinajstić information content (AvgIpc) is 2.63. The minimum atomic E-state index is -0.00483. The van der Waals surface area contributed by atoms with Gasteiger partial charge in [-0.3, -0.25) is 4.79 Å². The lowest BCUT2D eigenvalue weighted by molar-refractivity contribution is 0.101. The van der Waals surface area contributed by atoms with Gasteiger partial charge in [-0.05, 0) is 26.0 Å². The van der Waals surface area contributed by atoms with Crippen LogP contribution in [0.4, 0.5) is 0 Å². The van der Waals surface area contributed by atoms with Gasteiger partial charge in [0.15, 0.2) is 5.78 Å². The second-order valence-electron chi connectivity index (χ2n) is 4.04. The molecule has 3 nitrogen and oxygen atoms in total. The third kappa shape index (κ3) is 2.38. The van der Waals surface area contributed by atoms with Gasteiger partial charge in [0.1, 0.15) is 17.3 Å². The van der Waals surface area contributed by atoms with E-state index < -0.39 is 0 Å². The molecule has 0 atom stereocenters. The van der Waals surface area contributed by atoms with Crippen molar-refractivity contribution < 1.29 is 14.3 Å². The van der Waals surface area contributed by atoms with Crippen molar-refractivity contribution in [1.29, 1.82) is 0 Å². The molecule has 88 valence electrons. The fourth-order valence-electron chi connectivity index (χ4n) is 1.83. The van der Waals surface area contributed by atoms with Crippen LogP contribution in [0.25, 0.3) is 0 Å². The standard InChI is InChI=1S/C14H14O3/c1-9(15)13-8-12(17-10(13)2)7-11-5-3-4-6-14(11)16/h3-6,8,16H,7H2,1-2H3. The lowest BCUT2D eigenvalue weighted by Gasteiger charge is -2.00. The zero-order valence-electron chi connectivity index (χ0n) is 9.86. The molecule has 2 rings (SSSR count). The molecule has 1 N–H and O–H groups in total. The minimum Gasteiger partial charge on any atom is -0.508 e. The predicted molar refractivity (Wildman–Crippen MR) is 64.4 cm³/mol. The number of hydrogen-bond acceptors (Lipinski definition) is 3. The third-order valence-corrected chi connectivity index (χ3v) is 2.70. The van der Waals surface area contributed by atoms with Crippen LogP contribution in [0.1, 0.15) is 34.4 Å². The van der Waals surface area contributed by atoms with E-state index in [1.54, 1.807) is 25.1 Å². The van der Waals surface area contributed by atoms with Crippen molar-refractivity contribution in [2.24, 2.45) is 0 Å². The topological polar surface area (TPSA) is 50.4 Å². The van der Waals surface area contributed by atoms with Gasteiger partial charge in [-0.25, -0.2) is 0 Å². The molecule has 2 aromatic rings.